The van der Waals surface area contributed by atoms with Crippen LogP contribution in [0.4, 0.5) is 10.5 Å². The van der Waals surface area contributed by atoms with Gasteiger partial charge in [0, 0.05) is 25.8 Å². The van der Waals surface area contributed by atoms with Gasteiger partial charge in [-0.1, -0.05) is 40.9 Å². The second-order valence-electron chi connectivity index (χ2n) is 8.00. The lowest BCUT2D eigenvalue weighted by molar-refractivity contribution is -0.127. The monoisotopic (exact) mass is 732 g/mol. The molecule has 0 saturated carbocycles. The number of carbonyl (C=O) groups is 3. The highest BCUT2D eigenvalue weighted by Gasteiger charge is 2.36. The van der Waals surface area contributed by atoms with Gasteiger partial charge in [0.2, 0.25) is 5.91 Å². The van der Waals surface area contributed by atoms with Crippen LogP contribution in [0.25, 0.3) is 6.08 Å². The van der Waals surface area contributed by atoms with E-state index >= 15 is 0 Å². The lowest BCUT2D eigenvalue weighted by atomic mass is 10.1. The number of amides is 3. The number of nitrogens with zero attached hydrogens (tertiary/aromatic N) is 1. The third-order valence-corrected chi connectivity index (χ3v) is 8.63. The summed E-state index contributed by atoms with van der Waals surface area (Å²) >= 11 is 25.7. The third kappa shape index (κ3) is 7.31. The Morgan fingerprint density at radius 2 is 1.79 bits per heavy atom. The number of ether oxygens (including phenoxy) is 2. The maximum Gasteiger partial charge on any atom is 0.294 e. The van der Waals surface area contributed by atoms with E-state index in [1.807, 2.05) is 0 Å². The van der Waals surface area contributed by atoms with Crippen LogP contribution in [-0.4, -0.2) is 35.6 Å². The quantitative estimate of drug-likeness (QED) is 0.234. The molecule has 13 heteroatoms. The fourth-order valence-corrected chi connectivity index (χ4v) is 5.76. The molecule has 0 spiro atoms. The summed E-state index contributed by atoms with van der Waals surface area (Å²) in [6.07, 6.45) is 1.55. The molecule has 0 bridgehead atoms. The first-order chi connectivity index (χ1) is 18.5. The zero-order valence-corrected chi connectivity index (χ0v) is 26.2. The molecule has 0 aliphatic carbocycles. The summed E-state index contributed by atoms with van der Waals surface area (Å²) in [5.74, 6) is -0.295. The van der Waals surface area contributed by atoms with Gasteiger partial charge in [0.15, 0.2) is 11.5 Å². The average molecular weight is 736 g/mol. The highest BCUT2D eigenvalue weighted by atomic mass is 79.9. The summed E-state index contributed by atoms with van der Waals surface area (Å²) in [7, 11) is 1.48. The number of benzene rings is 3. The fraction of sp³-hybridized carbons (Fsp3) is 0.115. The van der Waals surface area contributed by atoms with Crippen molar-refractivity contribution in [3.63, 3.8) is 0 Å². The lowest BCUT2D eigenvalue weighted by Crippen LogP contribution is -2.36. The summed E-state index contributed by atoms with van der Waals surface area (Å²) in [5, 5.41) is 3.48. The normalized spacial score (nSPS) is 14.2. The molecule has 1 saturated heterocycles. The Bertz CT molecular complexity index is 1520. The van der Waals surface area contributed by atoms with Crippen LogP contribution in [0.2, 0.25) is 15.1 Å². The van der Waals surface area contributed by atoms with E-state index in [9.17, 15) is 14.4 Å². The number of imide groups is 1. The largest absolute Gasteiger partial charge is 0.493 e. The van der Waals surface area contributed by atoms with Crippen LogP contribution in [0.1, 0.15) is 11.1 Å². The summed E-state index contributed by atoms with van der Waals surface area (Å²) in [6, 6.07) is 13.4. The number of methoxy groups -OCH3 is 1. The van der Waals surface area contributed by atoms with Gasteiger partial charge >= 0.3 is 0 Å². The Balaban J connectivity index is 1.47. The second kappa shape index (κ2) is 13.0. The van der Waals surface area contributed by atoms with Gasteiger partial charge in [-0.3, -0.25) is 19.3 Å². The van der Waals surface area contributed by atoms with Gasteiger partial charge in [-0.2, -0.15) is 0 Å². The van der Waals surface area contributed by atoms with Crippen molar-refractivity contribution in [2.24, 2.45) is 0 Å². The van der Waals surface area contributed by atoms with E-state index in [0.29, 0.717) is 46.8 Å². The van der Waals surface area contributed by atoms with E-state index in [0.717, 1.165) is 22.2 Å². The van der Waals surface area contributed by atoms with E-state index < -0.39 is 23.6 Å². The van der Waals surface area contributed by atoms with Crippen molar-refractivity contribution in [1.82, 2.24) is 4.90 Å². The molecule has 1 N–H and O–H groups in total. The molecule has 1 fully saturated rings. The molecule has 0 unspecified atom stereocenters. The molecule has 1 heterocycles. The third-order valence-electron chi connectivity index (χ3n) is 5.32. The van der Waals surface area contributed by atoms with E-state index in [2.05, 4.69) is 37.2 Å². The number of hydrogen-bond acceptors (Lipinski definition) is 6. The minimum atomic E-state index is -0.582. The van der Waals surface area contributed by atoms with Crippen molar-refractivity contribution in [1.29, 1.82) is 0 Å². The Kier molecular flexibility index (Phi) is 9.90. The molecular formula is C26H17Br2Cl3N2O5S. The second-order valence-corrected chi connectivity index (χ2v) is 12.0. The predicted molar refractivity (Wildman–Crippen MR) is 162 cm³/mol. The highest BCUT2D eigenvalue weighted by molar-refractivity contribution is 9.10. The topological polar surface area (TPSA) is 84.9 Å². The number of anilines is 1. The van der Waals surface area contributed by atoms with Crippen LogP contribution in [0, 0.1) is 0 Å². The molecule has 0 aromatic heterocycles. The molecule has 1 aliphatic rings. The Morgan fingerprint density at radius 1 is 1.03 bits per heavy atom. The zero-order valence-electron chi connectivity index (χ0n) is 19.9. The van der Waals surface area contributed by atoms with Gasteiger partial charge in [0.05, 0.1) is 21.5 Å². The molecule has 4 rings (SSSR count). The number of hydrogen-bond donors (Lipinski definition) is 1. The maximum absolute atomic E-state index is 12.9. The van der Waals surface area contributed by atoms with Gasteiger partial charge in [0.1, 0.15) is 13.2 Å². The van der Waals surface area contributed by atoms with Crippen molar-refractivity contribution in [2.75, 3.05) is 19.0 Å². The molecule has 3 aromatic carbocycles. The molecule has 0 atom stereocenters. The Morgan fingerprint density at radius 3 is 2.49 bits per heavy atom. The van der Waals surface area contributed by atoms with Crippen LogP contribution < -0.4 is 14.8 Å². The van der Waals surface area contributed by atoms with E-state index in [1.165, 1.54) is 7.11 Å². The van der Waals surface area contributed by atoms with Gasteiger partial charge in [0.25, 0.3) is 11.1 Å². The molecular weight excluding hydrogens is 719 g/mol. The zero-order chi connectivity index (χ0) is 28.3. The van der Waals surface area contributed by atoms with Crippen molar-refractivity contribution < 1.29 is 23.9 Å². The summed E-state index contributed by atoms with van der Waals surface area (Å²) < 4.78 is 12.7. The molecule has 0 radical (unpaired) electrons. The van der Waals surface area contributed by atoms with Gasteiger partial charge < -0.3 is 14.8 Å². The van der Waals surface area contributed by atoms with Crippen LogP contribution in [0.3, 0.4) is 0 Å². The molecule has 202 valence electrons. The number of nitrogens with one attached hydrogen (secondary N) is 1. The summed E-state index contributed by atoms with van der Waals surface area (Å²) in [4.78, 5) is 39.0. The Hall–Kier alpha value is -2.21. The summed E-state index contributed by atoms with van der Waals surface area (Å²) in [6.45, 7) is -0.277. The van der Waals surface area contributed by atoms with Gasteiger partial charge in [-0.15, -0.1) is 0 Å². The Labute approximate surface area is 260 Å². The number of thioether (sulfide) groups is 1. The lowest BCUT2D eigenvalue weighted by Gasteiger charge is -2.14. The average Bonchev–Trinajstić information content (AvgIpc) is 3.13. The van der Waals surface area contributed by atoms with Crippen molar-refractivity contribution in [3.05, 3.63) is 88.6 Å². The maximum atomic E-state index is 12.9. The highest BCUT2D eigenvalue weighted by Crippen LogP contribution is 2.40. The van der Waals surface area contributed by atoms with E-state index in [1.54, 1.807) is 54.6 Å². The van der Waals surface area contributed by atoms with Crippen LogP contribution in [-0.2, 0) is 16.2 Å². The van der Waals surface area contributed by atoms with Crippen LogP contribution in [0.15, 0.2) is 62.4 Å². The molecule has 3 amide bonds. The smallest absolute Gasteiger partial charge is 0.294 e. The first-order valence-electron chi connectivity index (χ1n) is 11.0. The van der Waals surface area contributed by atoms with Crippen molar-refractivity contribution in [2.45, 2.75) is 6.61 Å². The first-order valence-corrected chi connectivity index (χ1v) is 14.5. The molecule has 3 aromatic rings. The van der Waals surface area contributed by atoms with Gasteiger partial charge in [-0.25, -0.2) is 0 Å². The summed E-state index contributed by atoms with van der Waals surface area (Å²) in [5.41, 5.74) is 1.75. The van der Waals surface area contributed by atoms with Gasteiger partial charge in [-0.05, 0) is 97.7 Å². The van der Waals surface area contributed by atoms with E-state index in [-0.39, 0.29) is 11.5 Å². The molecule has 39 heavy (non-hydrogen) atoms. The standard InChI is InChI=1S/C26H17Br2Cl3N2O5S/c1-37-21-7-13(6-18(28)24(21)38-12-14-2-3-15(29)9-19(14)30)8-22-25(35)33(26(36)39-22)11-23(34)32-16-4-5-17(27)20(31)10-16/h2-10H,11-12H2,1H3,(H,32,34)/b22-8+. The van der Waals surface area contributed by atoms with Crippen LogP contribution >= 0.6 is 78.4 Å². The first kappa shape index (κ1) is 29.8. The van der Waals surface area contributed by atoms with E-state index in [4.69, 9.17) is 44.3 Å². The minimum Gasteiger partial charge on any atom is -0.493 e. The minimum absolute atomic E-state index is 0.162. The SMILES string of the molecule is COc1cc(/C=C2/SC(=O)N(CC(=O)Nc3ccc(Br)c(Cl)c3)C2=O)cc(Br)c1OCc1ccc(Cl)cc1Cl. The molecule has 1 aliphatic heterocycles. The number of halogens is 5. The fourth-order valence-electron chi connectivity index (χ4n) is 3.46. The van der Waals surface area contributed by atoms with Crippen molar-refractivity contribution >= 4 is 107 Å². The predicted octanol–water partition coefficient (Wildman–Crippen LogP) is 8.43. The molecule has 7 nitrogen and oxygen atoms in total. The number of carbonyl (C=O) groups excluding carboxylic acids is 3. The van der Waals surface area contributed by atoms with Crippen molar-refractivity contribution in [3.8, 4) is 11.5 Å². The van der Waals surface area contributed by atoms with Crippen LogP contribution in [0.5, 0.6) is 11.5 Å². The number of rotatable bonds is 8.